The van der Waals surface area contributed by atoms with Gasteiger partial charge in [0.1, 0.15) is 5.52 Å². The van der Waals surface area contributed by atoms with Gasteiger partial charge in [-0.15, -0.1) is 0 Å². The normalized spacial score (nSPS) is 18.7. The Morgan fingerprint density at radius 3 is 2.39 bits per heavy atom. The lowest BCUT2D eigenvalue weighted by Crippen LogP contribution is -2.33. The number of allylic oxidation sites excluding steroid dienone is 5. The second-order valence-corrected chi connectivity index (χ2v) is 9.93. The van der Waals surface area contributed by atoms with Crippen LogP contribution in [0.25, 0.3) is 33.3 Å². The van der Waals surface area contributed by atoms with Crippen LogP contribution in [0.4, 0.5) is 5.69 Å². The lowest BCUT2D eigenvalue weighted by molar-refractivity contribution is 0.620. The molecule has 0 amide bonds. The molecule has 184 valence electrons. The summed E-state index contributed by atoms with van der Waals surface area (Å²) in [6.45, 7) is 0. The highest BCUT2D eigenvalue weighted by Gasteiger charge is 2.22. The van der Waals surface area contributed by atoms with E-state index in [9.17, 15) is 0 Å². The van der Waals surface area contributed by atoms with Crippen LogP contribution in [0.2, 0.25) is 0 Å². The fraction of sp³-hybridized carbons (Fsp3) is 0.114. The lowest BCUT2D eigenvalue weighted by atomic mass is 9.91. The van der Waals surface area contributed by atoms with Crippen LogP contribution in [0, 0.1) is 0 Å². The number of nitrogens with zero attached hydrogens (tertiary/aromatic N) is 2. The number of hydrogen-bond acceptors (Lipinski definition) is 3. The third-order valence-electron chi connectivity index (χ3n) is 7.55. The van der Waals surface area contributed by atoms with Crippen molar-refractivity contribution in [3.63, 3.8) is 0 Å². The van der Waals surface area contributed by atoms with Crippen molar-refractivity contribution in [2.45, 2.75) is 24.8 Å². The maximum atomic E-state index is 6.18. The van der Waals surface area contributed by atoms with Gasteiger partial charge in [0.15, 0.2) is 5.58 Å². The molecule has 1 heterocycles. The average molecular weight is 493 g/mol. The summed E-state index contributed by atoms with van der Waals surface area (Å²) in [7, 11) is 0. The van der Waals surface area contributed by atoms with E-state index in [2.05, 4.69) is 126 Å². The number of benzene rings is 4. The molecule has 7 rings (SSSR count). The molecule has 0 N–H and O–H groups in total. The Morgan fingerprint density at radius 1 is 0.763 bits per heavy atom. The van der Waals surface area contributed by atoms with E-state index in [-0.39, 0.29) is 6.04 Å². The van der Waals surface area contributed by atoms with Crippen LogP contribution in [0.5, 0.6) is 0 Å². The van der Waals surface area contributed by atoms with Crippen molar-refractivity contribution in [3.8, 4) is 11.5 Å². The molecule has 1 aromatic heterocycles. The van der Waals surface area contributed by atoms with E-state index in [0.29, 0.717) is 11.8 Å². The molecule has 2 unspecified atom stereocenters. The van der Waals surface area contributed by atoms with Crippen molar-refractivity contribution < 1.29 is 4.42 Å². The SMILES string of the molecule is C1=CCC(N(C2=CCC(c3ccccc3)C=C2)c2ccc(-c3nc4c(ccc5ccccc54)o3)cc2)C=C1. The zero-order valence-electron chi connectivity index (χ0n) is 21.1. The molecular weight excluding hydrogens is 464 g/mol. The number of hydrogen-bond donors (Lipinski definition) is 0. The molecule has 2 aliphatic rings. The first kappa shape index (κ1) is 22.6. The van der Waals surface area contributed by atoms with Gasteiger partial charge in [-0.2, -0.15) is 0 Å². The highest BCUT2D eigenvalue weighted by Crippen LogP contribution is 2.35. The number of anilines is 1. The van der Waals surface area contributed by atoms with E-state index < -0.39 is 0 Å². The molecule has 0 fully saturated rings. The molecule has 3 heteroatoms. The van der Waals surface area contributed by atoms with Crippen LogP contribution in [0.15, 0.2) is 144 Å². The molecule has 2 atom stereocenters. The van der Waals surface area contributed by atoms with E-state index in [4.69, 9.17) is 9.40 Å². The Bertz CT molecular complexity index is 1720. The Hall–Kier alpha value is -4.63. The minimum Gasteiger partial charge on any atom is -0.436 e. The van der Waals surface area contributed by atoms with Gasteiger partial charge < -0.3 is 9.32 Å². The first-order valence-corrected chi connectivity index (χ1v) is 13.3. The van der Waals surface area contributed by atoms with Gasteiger partial charge in [-0.1, -0.05) is 97.1 Å². The third kappa shape index (κ3) is 4.16. The van der Waals surface area contributed by atoms with Crippen LogP contribution >= 0.6 is 0 Å². The Balaban J connectivity index is 1.20. The highest BCUT2D eigenvalue weighted by atomic mass is 16.3. The Labute approximate surface area is 222 Å². The van der Waals surface area contributed by atoms with Gasteiger partial charge >= 0.3 is 0 Å². The van der Waals surface area contributed by atoms with Gasteiger partial charge in [0.2, 0.25) is 5.89 Å². The lowest BCUT2D eigenvalue weighted by Gasteiger charge is -2.35. The van der Waals surface area contributed by atoms with Gasteiger partial charge in [0.25, 0.3) is 0 Å². The zero-order valence-corrected chi connectivity index (χ0v) is 21.1. The largest absolute Gasteiger partial charge is 0.436 e. The summed E-state index contributed by atoms with van der Waals surface area (Å²) < 4.78 is 6.18. The van der Waals surface area contributed by atoms with Crippen molar-refractivity contribution >= 4 is 27.6 Å². The minimum atomic E-state index is 0.269. The van der Waals surface area contributed by atoms with E-state index in [1.165, 1.54) is 16.6 Å². The van der Waals surface area contributed by atoms with Crippen LogP contribution < -0.4 is 4.90 Å². The number of rotatable bonds is 5. The van der Waals surface area contributed by atoms with Crippen molar-refractivity contribution in [2.75, 3.05) is 4.90 Å². The molecule has 2 aliphatic carbocycles. The summed E-state index contributed by atoms with van der Waals surface area (Å²) in [5.41, 5.74) is 6.46. The monoisotopic (exact) mass is 492 g/mol. The van der Waals surface area contributed by atoms with Crippen LogP contribution in [-0.2, 0) is 0 Å². The highest BCUT2D eigenvalue weighted by molar-refractivity contribution is 6.03. The Morgan fingerprint density at radius 2 is 1.61 bits per heavy atom. The first-order valence-electron chi connectivity index (χ1n) is 13.3. The number of oxazole rings is 1. The number of fused-ring (bicyclic) bond motifs is 3. The van der Waals surface area contributed by atoms with Crippen LogP contribution in [-0.4, -0.2) is 11.0 Å². The maximum absolute atomic E-state index is 6.18. The minimum absolute atomic E-state index is 0.269. The quantitative estimate of drug-likeness (QED) is 0.245. The molecule has 0 aliphatic heterocycles. The summed E-state index contributed by atoms with van der Waals surface area (Å²) in [6.07, 6.45) is 17.8. The second-order valence-electron chi connectivity index (χ2n) is 9.93. The van der Waals surface area contributed by atoms with E-state index in [1.807, 2.05) is 12.1 Å². The van der Waals surface area contributed by atoms with E-state index in [0.717, 1.165) is 40.6 Å². The summed E-state index contributed by atoms with van der Waals surface area (Å²) in [4.78, 5) is 7.32. The third-order valence-corrected chi connectivity index (χ3v) is 7.55. The fourth-order valence-corrected chi connectivity index (χ4v) is 5.58. The molecule has 0 radical (unpaired) electrons. The summed E-state index contributed by atoms with van der Waals surface area (Å²) in [5, 5.41) is 2.29. The van der Waals surface area contributed by atoms with Gasteiger partial charge in [0.05, 0.1) is 6.04 Å². The van der Waals surface area contributed by atoms with Crippen molar-refractivity contribution in [3.05, 3.63) is 145 Å². The van der Waals surface area contributed by atoms with Gasteiger partial charge in [-0.05, 0) is 60.2 Å². The maximum Gasteiger partial charge on any atom is 0.227 e. The van der Waals surface area contributed by atoms with Crippen molar-refractivity contribution in [2.24, 2.45) is 0 Å². The molecule has 38 heavy (non-hydrogen) atoms. The average Bonchev–Trinajstić information content (AvgIpc) is 3.44. The molecule has 3 nitrogen and oxygen atoms in total. The summed E-state index contributed by atoms with van der Waals surface area (Å²) in [6, 6.07) is 32.0. The van der Waals surface area contributed by atoms with Gasteiger partial charge in [-0.25, -0.2) is 4.98 Å². The zero-order chi connectivity index (χ0) is 25.3. The predicted molar refractivity (Wildman–Crippen MR) is 157 cm³/mol. The van der Waals surface area contributed by atoms with Crippen molar-refractivity contribution in [1.82, 2.24) is 4.98 Å². The molecule has 0 saturated heterocycles. The molecule has 0 bridgehead atoms. The molecule has 4 aromatic carbocycles. The van der Waals surface area contributed by atoms with Crippen LogP contribution in [0.3, 0.4) is 0 Å². The van der Waals surface area contributed by atoms with E-state index in [1.54, 1.807) is 0 Å². The predicted octanol–water partition coefficient (Wildman–Crippen LogP) is 8.97. The summed E-state index contributed by atoms with van der Waals surface area (Å²) >= 11 is 0. The van der Waals surface area contributed by atoms with E-state index >= 15 is 0 Å². The topological polar surface area (TPSA) is 29.3 Å². The number of aromatic nitrogens is 1. The van der Waals surface area contributed by atoms with Gasteiger partial charge in [-0.3, -0.25) is 0 Å². The molecule has 5 aromatic rings. The van der Waals surface area contributed by atoms with Crippen molar-refractivity contribution in [1.29, 1.82) is 0 Å². The van der Waals surface area contributed by atoms with Crippen LogP contribution in [0.1, 0.15) is 24.3 Å². The first-order chi connectivity index (χ1) is 18.8. The second kappa shape index (κ2) is 9.68. The molecular formula is C35H28N2O. The summed E-state index contributed by atoms with van der Waals surface area (Å²) in [5.74, 6) is 1.07. The fourth-order valence-electron chi connectivity index (χ4n) is 5.58. The smallest absolute Gasteiger partial charge is 0.227 e. The molecule has 0 saturated carbocycles. The van der Waals surface area contributed by atoms with Gasteiger partial charge in [0, 0.05) is 28.3 Å². The Kier molecular flexibility index (Phi) is 5.75. The standard InChI is InChI=1S/C35H28N2O/c1-3-9-25(10-4-1)26-15-20-30(21-16-26)37(29-12-5-2-6-13-29)31-22-17-28(18-23-31)35-36-34-32-14-8-7-11-27(32)19-24-33(34)38-35/h1-12,14-15,17-24,26,29H,13,16H2. The molecule has 0 spiro atoms.